The van der Waals surface area contributed by atoms with Crippen molar-refractivity contribution in [2.75, 3.05) is 12.8 Å². The molecular weight excluding hydrogens is 274 g/mol. The molecule has 1 saturated carbocycles. The first-order valence-electron chi connectivity index (χ1n) is 6.91. The molecule has 0 saturated heterocycles. The number of fused-ring (bicyclic) bond motifs is 1. The lowest BCUT2D eigenvalue weighted by Crippen LogP contribution is -2.35. The number of aryl methyl sites for hydroxylation is 1. The van der Waals surface area contributed by atoms with Gasteiger partial charge in [0.15, 0.2) is 4.96 Å². The molecule has 19 heavy (non-hydrogen) atoms. The van der Waals surface area contributed by atoms with E-state index in [2.05, 4.69) is 39.5 Å². The number of hydrogen-bond donors (Lipinski definition) is 1. The van der Waals surface area contributed by atoms with Crippen LogP contribution in [0.3, 0.4) is 0 Å². The van der Waals surface area contributed by atoms with Crippen molar-refractivity contribution in [2.45, 2.75) is 43.9 Å². The molecule has 5 heteroatoms. The number of imidazole rings is 1. The van der Waals surface area contributed by atoms with Gasteiger partial charge in [0.05, 0.1) is 11.4 Å². The maximum absolute atomic E-state index is 4.60. The zero-order chi connectivity index (χ0) is 13.3. The Morgan fingerprint density at radius 3 is 3.00 bits per heavy atom. The smallest absolute Gasteiger partial charge is 0.194 e. The predicted molar refractivity (Wildman–Crippen MR) is 84.2 cm³/mol. The summed E-state index contributed by atoms with van der Waals surface area (Å²) < 4.78 is 2.69. The molecule has 1 aliphatic carbocycles. The molecule has 2 aromatic heterocycles. The number of nitrogens with zero attached hydrogens (tertiary/aromatic N) is 2. The van der Waals surface area contributed by atoms with Gasteiger partial charge in [-0.2, -0.15) is 11.8 Å². The van der Waals surface area contributed by atoms with E-state index in [0.717, 1.165) is 23.7 Å². The molecule has 1 aliphatic rings. The minimum absolute atomic E-state index is 0.479. The van der Waals surface area contributed by atoms with E-state index < -0.39 is 0 Å². The first-order chi connectivity index (χ1) is 9.24. The summed E-state index contributed by atoms with van der Waals surface area (Å²) in [6.07, 6.45) is 9.89. The van der Waals surface area contributed by atoms with Gasteiger partial charge < -0.3 is 5.32 Å². The minimum Gasteiger partial charge on any atom is -0.310 e. The van der Waals surface area contributed by atoms with E-state index in [1.807, 2.05) is 11.8 Å². The fraction of sp³-hybridized carbons (Fsp3) is 0.643. The first-order valence-corrected chi connectivity index (χ1v) is 9.01. The van der Waals surface area contributed by atoms with Gasteiger partial charge in [-0.3, -0.25) is 4.40 Å². The molecular formula is C14H21N3S2. The van der Waals surface area contributed by atoms with Crippen LogP contribution in [0.25, 0.3) is 4.96 Å². The predicted octanol–water partition coefficient (Wildman–Crippen LogP) is 3.47. The second-order valence-electron chi connectivity index (χ2n) is 5.40. The van der Waals surface area contributed by atoms with Gasteiger partial charge in [-0.15, -0.1) is 11.3 Å². The van der Waals surface area contributed by atoms with Crippen LogP contribution in [0.5, 0.6) is 0 Å². The van der Waals surface area contributed by atoms with Crippen molar-refractivity contribution in [1.82, 2.24) is 14.7 Å². The molecule has 0 amide bonds. The third kappa shape index (κ3) is 2.56. The van der Waals surface area contributed by atoms with E-state index in [1.54, 1.807) is 11.3 Å². The molecule has 104 valence electrons. The van der Waals surface area contributed by atoms with Gasteiger partial charge in [0, 0.05) is 29.4 Å². The molecule has 0 aromatic carbocycles. The van der Waals surface area contributed by atoms with E-state index in [1.165, 1.54) is 31.4 Å². The first kappa shape index (κ1) is 13.5. The lowest BCUT2D eigenvalue weighted by atomic mass is 10.1. The van der Waals surface area contributed by atoms with Gasteiger partial charge in [-0.1, -0.05) is 12.8 Å². The largest absolute Gasteiger partial charge is 0.310 e. The summed E-state index contributed by atoms with van der Waals surface area (Å²) in [5.41, 5.74) is 2.47. The van der Waals surface area contributed by atoms with Crippen molar-refractivity contribution >= 4 is 28.1 Å². The molecule has 3 nitrogen and oxygen atoms in total. The normalized spacial score (nSPS) is 18.4. The van der Waals surface area contributed by atoms with Gasteiger partial charge in [0.2, 0.25) is 0 Å². The van der Waals surface area contributed by atoms with E-state index in [-0.39, 0.29) is 0 Å². The molecule has 0 bridgehead atoms. The van der Waals surface area contributed by atoms with Crippen molar-refractivity contribution < 1.29 is 0 Å². The molecule has 0 unspecified atom stereocenters. The SMILES string of the molecule is CSC1(CNCc2c(C)nc3sccn23)CCCC1. The van der Waals surface area contributed by atoms with Gasteiger partial charge in [0.25, 0.3) is 0 Å². The summed E-state index contributed by atoms with van der Waals surface area (Å²) in [4.78, 5) is 5.70. The van der Waals surface area contributed by atoms with Gasteiger partial charge in [-0.25, -0.2) is 4.98 Å². The van der Waals surface area contributed by atoms with Crippen LogP contribution < -0.4 is 5.32 Å². The second kappa shape index (κ2) is 5.46. The Kier molecular flexibility index (Phi) is 3.87. The van der Waals surface area contributed by atoms with E-state index in [0.29, 0.717) is 4.75 Å². The van der Waals surface area contributed by atoms with Gasteiger partial charge in [0.1, 0.15) is 0 Å². The van der Waals surface area contributed by atoms with E-state index in [4.69, 9.17) is 0 Å². The lowest BCUT2D eigenvalue weighted by molar-refractivity contribution is 0.529. The Bertz CT molecular complexity index is 552. The number of rotatable bonds is 5. The summed E-state index contributed by atoms with van der Waals surface area (Å²) in [6.45, 7) is 4.15. The Balaban J connectivity index is 1.66. The molecule has 0 atom stereocenters. The summed E-state index contributed by atoms with van der Waals surface area (Å²) in [5, 5.41) is 5.77. The Morgan fingerprint density at radius 1 is 1.47 bits per heavy atom. The van der Waals surface area contributed by atoms with Crippen LogP contribution in [0.1, 0.15) is 37.1 Å². The molecule has 1 N–H and O–H groups in total. The highest BCUT2D eigenvalue weighted by molar-refractivity contribution is 8.00. The molecule has 0 radical (unpaired) electrons. The minimum atomic E-state index is 0.479. The van der Waals surface area contributed by atoms with Crippen molar-refractivity contribution in [3.05, 3.63) is 23.0 Å². The highest BCUT2D eigenvalue weighted by Gasteiger charge is 2.32. The monoisotopic (exact) mass is 295 g/mol. The quantitative estimate of drug-likeness (QED) is 0.916. The summed E-state index contributed by atoms with van der Waals surface area (Å²) in [6, 6.07) is 0. The van der Waals surface area contributed by atoms with Crippen molar-refractivity contribution in [3.8, 4) is 0 Å². The molecule has 2 heterocycles. The number of nitrogens with one attached hydrogen (secondary N) is 1. The fourth-order valence-corrected chi connectivity index (χ4v) is 4.76. The second-order valence-corrected chi connectivity index (χ2v) is 7.54. The third-order valence-electron chi connectivity index (χ3n) is 4.25. The van der Waals surface area contributed by atoms with Crippen LogP contribution in [-0.2, 0) is 6.54 Å². The van der Waals surface area contributed by atoms with Gasteiger partial charge >= 0.3 is 0 Å². The maximum atomic E-state index is 4.60. The third-order valence-corrected chi connectivity index (χ3v) is 6.42. The number of thioether (sulfide) groups is 1. The van der Waals surface area contributed by atoms with Crippen LogP contribution in [0.4, 0.5) is 0 Å². The van der Waals surface area contributed by atoms with Gasteiger partial charge in [-0.05, 0) is 26.0 Å². The van der Waals surface area contributed by atoms with Crippen LogP contribution >= 0.6 is 23.1 Å². The highest BCUT2D eigenvalue weighted by Crippen LogP contribution is 2.39. The Morgan fingerprint density at radius 2 is 2.26 bits per heavy atom. The fourth-order valence-electron chi connectivity index (χ4n) is 3.03. The van der Waals surface area contributed by atoms with Crippen molar-refractivity contribution in [1.29, 1.82) is 0 Å². The molecule has 0 aliphatic heterocycles. The summed E-state index contributed by atoms with van der Waals surface area (Å²) in [7, 11) is 0. The van der Waals surface area contributed by atoms with Crippen LogP contribution in [0.2, 0.25) is 0 Å². The topological polar surface area (TPSA) is 29.3 Å². The summed E-state index contributed by atoms with van der Waals surface area (Å²) in [5.74, 6) is 0. The van der Waals surface area contributed by atoms with Crippen LogP contribution in [0.15, 0.2) is 11.6 Å². The average molecular weight is 295 g/mol. The molecule has 3 rings (SSSR count). The van der Waals surface area contributed by atoms with Crippen molar-refractivity contribution in [2.24, 2.45) is 0 Å². The molecule has 0 spiro atoms. The highest BCUT2D eigenvalue weighted by atomic mass is 32.2. The number of thiazole rings is 1. The summed E-state index contributed by atoms with van der Waals surface area (Å²) >= 11 is 3.75. The standard InChI is InChI=1S/C14H21N3S2/c1-11-12(17-7-8-19-13(17)16-11)9-15-10-14(18-2)5-3-4-6-14/h7-8,15H,3-6,9-10H2,1-2H3. The Hall–Kier alpha value is -0.520. The average Bonchev–Trinajstić information content (AvgIpc) is 3.08. The van der Waals surface area contributed by atoms with Crippen molar-refractivity contribution in [3.63, 3.8) is 0 Å². The van der Waals surface area contributed by atoms with E-state index >= 15 is 0 Å². The number of hydrogen-bond acceptors (Lipinski definition) is 4. The Labute approximate surface area is 122 Å². The van der Waals surface area contributed by atoms with E-state index in [9.17, 15) is 0 Å². The van der Waals surface area contributed by atoms with Crippen LogP contribution in [-0.4, -0.2) is 26.9 Å². The lowest BCUT2D eigenvalue weighted by Gasteiger charge is -2.27. The zero-order valence-corrected chi connectivity index (χ0v) is 13.2. The number of aromatic nitrogens is 2. The maximum Gasteiger partial charge on any atom is 0.194 e. The molecule has 1 fully saturated rings. The van der Waals surface area contributed by atoms with Crippen LogP contribution in [0, 0.1) is 6.92 Å². The zero-order valence-electron chi connectivity index (χ0n) is 11.6. The molecule has 2 aromatic rings.